The van der Waals surface area contributed by atoms with Crippen LogP contribution in [0.25, 0.3) is 10.9 Å². The molecular formula is C21H17N7. The van der Waals surface area contributed by atoms with Crippen molar-refractivity contribution in [3.05, 3.63) is 78.0 Å². The second kappa shape index (κ2) is 7.37. The van der Waals surface area contributed by atoms with Crippen molar-refractivity contribution in [1.82, 2.24) is 25.0 Å². The molecular weight excluding hydrogens is 350 g/mol. The highest BCUT2D eigenvalue weighted by atomic mass is 15.4. The molecule has 4 aromatic rings. The van der Waals surface area contributed by atoms with E-state index < -0.39 is 0 Å². The molecule has 7 nitrogen and oxygen atoms in total. The number of hydrogen-bond acceptors (Lipinski definition) is 6. The van der Waals surface area contributed by atoms with Crippen LogP contribution in [0.2, 0.25) is 0 Å². The van der Waals surface area contributed by atoms with Crippen LogP contribution >= 0.6 is 0 Å². The SMILES string of the molecule is CC(C)n1cc(C(=Nc2ccc3ncc(C#N)cc3c2)c2cccnc2)nn1. The molecule has 1 aromatic carbocycles. The lowest BCUT2D eigenvalue weighted by Gasteiger charge is -2.05. The second-order valence-electron chi connectivity index (χ2n) is 6.59. The fourth-order valence-electron chi connectivity index (χ4n) is 2.79. The molecule has 4 rings (SSSR count). The van der Waals surface area contributed by atoms with E-state index in [1.165, 1.54) is 0 Å². The summed E-state index contributed by atoms with van der Waals surface area (Å²) in [5.74, 6) is 0. The van der Waals surface area contributed by atoms with Gasteiger partial charge in [0.2, 0.25) is 0 Å². The van der Waals surface area contributed by atoms with Crippen LogP contribution in [0.1, 0.15) is 36.7 Å². The standard InChI is InChI=1S/C21H17N7/c1-14(2)28-13-20(26-27-28)21(16-4-3-7-23-12-16)25-18-5-6-19-17(9-18)8-15(10-22)11-24-19/h3-9,11-14H,1-2H3. The molecule has 0 amide bonds. The smallest absolute Gasteiger partial charge is 0.132 e. The van der Waals surface area contributed by atoms with Crippen molar-refractivity contribution in [3.63, 3.8) is 0 Å². The van der Waals surface area contributed by atoms with Crippen molar-refractivity contribution in [2.45, 2.75) is 19.9 Å². The van der Waals surface area contributed by atoms with Gasteiger partial charge in [0.05, 0.1) is 23.0 Å². The van der Waals surface area contributed by atoms with Gasteiger partial charge in [-0.15, -0.1) is 5.10 Å². The number of aliphatic imine (C=N–C) groups is 1. The van der Waals surface area contributed by atoms with E-state index in [4.69, 9.17) is 10.3 Å². The van der Waals surface area contributed by atoms with Gasteiger partial charge in [-0.25, -0.2) is 9.67 Å². The Kier molecular flexibility index (Phi) is 4.60. The summed E-state index contributed by atoms with van der Waals surface area (Å²) in [6.45, 7) is 4.09. The minimum absolute atomic E-state index is 0.201. The number of nitriles is 1. The van der Waals surface area contributed by atoms with E-state index in [1.807, 2.05) is 50.4 Å². The quantitative estimate of drug-likeness (QED) is 0.511. The maximum atomic E-state index is 9.11. The van der Waals surface area contributed by atoms with Crippen LogP contribution < -0.4 is 0 Å². The summed E-state index contributed by atoms with van der Waals surface area (Å²) >= 11 is 0. The van der Waals surface area contributed by atoms with Crippen molar-refractivity contribution in [2.24, 2.45) is 4.99 Å². The van der Waals surface area contributed by atoms with E-state index in [0.717, 1.165) is 22.2 Å². The third-order valence-corrected chi connectivity index (χ3v) is 4.25. The molecule has 0 radical (unpaired) electrons. The van der Waals surface area contributed by atoms with Gasteiger partial charge in [0.25, 0.3) is 0 Å². The molecule has 0 saturated heterocycles. The highest BCUT2D eigenvalue weighted by molar-refractivity contribution is 6.12. The summed E-state index contributed by atoms with van der Waals surface area (Å²) in [4.78, 5) is 13.3. The van der Waals surface area contributed by atoms with E-state index in [2.05, 4.69) is 26.3 Å². The Morgan fingerprint density at radius 1 is 1.18 bits per heavy atom. The molecule has 0 unspecified atom stereocenters. The summed E-state index contributed by atoms with van der Waals surface area (Å²) in [6.07, 6.45) is 6.92. The lowest BCUT2D eigenvalue weighted by Crippen LogP contribution is -2.04. The number of rotatable bonds is 4. The van der Waals surface area contributed by atoms with Crippen LogP contribution in [0.4, 0.5) is 5.69 Å². The van der Waals surface area contributed by atoms with Crippen LogP contribution in [0.3, 0.4) is 0 Å². The van der Waals surface area contributed by atoms with Crippen LogP contribution in [0.5, 0.6) is 0 Å². The average molecular weight is 367 g/mol. The fraction of sp³-hybridized carbons (Fsp3) is 0.143. The first-order chi connectivity index (χ1) is 13.6. The van der Waals surface area contributed by atoms with E-state index in [9.17, 15) is 0 Å². The van der Waals surface area contributed by atoms with Crippen LogP contribution in [0.15, 0.2) is 66.2 Å². The highest BCUT2D eigenvalue weighted by Gasteiger charge is 2.13. The summed E-state index contributed by atoms with van der Waals surface area (Å²) in [6, 6.07) is 13.6. The van der Waals surface area contributed by atoms with Crippen LogP contribution in [-0.2, 0) is 0 Å². The van der Waals surface area contributed by atoms with Gasteiger partial charge in [0.1, 0.15) is 17.5 Å². The Morgan fingerprint density at radius 3 is 2.79 bits per heavy atom. The number of pyridine rings is 2. The number of benzene rings is 1. The maximum Gasteiger partial charge on any atom is 0.132 e. The molecule has 0 spiro atoms. The highest BCUT2D eigenvalue weighted by Crippen LogP contribution is 2.23. The van der Waals surface area contributed by atoms with Gasteiger partial charge in [-0.3, -0.25) is 9.97 Å². The zero-order valence-corrected chi connectivity index (χ0v) is 15.5. The zero-order chi connectivity index (χ0) is 19.5. The Labute approximate surface area is 162 Å². The zero-order valence-electron chi connectivity index (χ0n) is 15.5. The lowest BCUT2D eigenvalue weighted by atomic mass is 10.1. The molecule has 136 valence electrons. The predicted octanol–water partition coefficient (Wildman–Crippen LogP) is 3.84. The molecule has 0 atom stereocenters. The van der Waals surface area contributed by atoms with Crippen molar-refractivity contribution >= 4 is 22.3 Å². The van der Waals surface area contributed by atoms with Crippen molar-refractivity contribution in [3.8, 4) is 6.07 Å². The molecule has 28 heavy (non-hydrogen) atoms. The van der Waals surface area contributed by atoms with Gasteiger partial charge in [-0.2, -0.15) is 5.26 Å². The van der Waals surface area contributed by atoms with Gasteiger partial charge >= 0.3 is 0 Å². The fourth-order valence-corrected chi connectivity index (χ4v) is 2.79. The second-order valence-corrected chi connectivity index (χ2v) is 6.59. The Balaban J connectivity index is 1.85. The molecule has 0 aliphatic carbocycles. The molecule has 0 aliphatic rings. The number of fused-ring (bicyclic) bond motifs is 1. The Hall–Kier alpha value is -3.92. The normalized spacial score (nSPS) is 11.7. The van der Waals surface area contributed by atoms with Gasteiger partial charge in [-0.05, 0) is 50.2 Å². The van der Waals surface area contributed by atoms with E-state index in [1.54, 1.807) is 29.3 Å². The van der Waals surface area contributed by atoms with Gasteiger partial charge < -0.3 is 0 Å². The van der Waals surface area contributed by atoms with E-state index >= 15 is 0 Å². The number of nitrogens with zero attached hydrogens (tertiary/aromatic N) is 7. The van der Waals surface area contributed by atoms with Crippen molar-refractivity contribution in [1.29, 1.82) is 5.26 Å². The number of hydrogen-bond donors (Lipinski definition) is 0. The average Bonchev–Trinajstić information content (AvgIpc) is 3.22. The summed E-state index contributed by atoms with van der Waals surface area (Å²) in [5, 5.41) is 18.5. The molecule has 3 heterocycles. The summed E-state index contributed by atoms with van der Waals surface area (Å²) in [5.41, 5.74) is 4.27. The van der Waals surface area contributed by atoms with Gasteiger partial charge in [-0.1, -0.05) is 5.21 Å². The predicted molar refractivity (Wildman–Crippen MR) is 106 cm³/mol. The topological polar surface area (TPSA) is 92.6 Å². The van der Waals surface area contributed by atoms with Crippen LogP contribution in [-0.4, -0.2) is 30.7 Å². The summed E-state index contributed by atoms with van der Waals surface area (Å²) in [7, 11) is 0. The van der Waals surface area contributed by atoms with E-state index in [-0.39, 0.29) is 6.04 Å². The molecule has 0 fully saturated rings. The molecule has 0 aliphatic heterocycles. The first kappa shape index (κ1) is 17.5. The van der Waals surface area contributed by atoms with Crippen molar-refractivity contribution in [2.75, 3.05) is 0 Å². The minimum Gasteiger partial charge on any atom is -0.264 e. The molecule has 0 bridgehead atoms. The Morgan fingerprint density at radius 2 is 2.07 bits per heavy atom. The largest absolute Gasteiger partial charge is 0.264 e. The monoisotopic (exact) mass is 367 g/mol. The van der Waals surface area contributed by atoms with Gasteiger partial charge in [0.15, 0.2) is 0 Å². The van der Waals surface area contributed by atoms with Gasteiger partial charge in [0, 0.05) is 35.6 Å². The van der Waals surface area contributed by atoms with E-state index in [0.29, 0.717) is 17.0 Å². The third-order valence-electron chi connectivity index (χ3n) is 4.25. The Bertz CT molecular complexity index is 1200. The number of aromatic nitrogens is 5. The first-order valence-corrected chi connectivity index (χ1v) is 8.85. The molecule has 7 heteroatoms. The lowest BCUT2D eigenvalue weighted by molar-refractivity contribution is 0.514. The third kappa shape index (κ3) is 3.48. The first-order valence-electron chi connectivity index (χ1n) is 8.85. The minimum atomic E-state index is 0.201. The molecule has 3 aromatic heterocycles. The molecule has 0 saturated carbocycles. The van der Waals surface area contributed by atoms with Crippen molar-refractivity contribution < 1.29 is 0 Å². The molecule has 0 N–H and O–H groups in total. The summed E-state index contributed by atoms with van der Waals surface area (Å²) < 4.78 is 1.80. The van der Waals surface area contributed by atoms with Crippen LogP contribution in [0, 0.1) is 11.3 Å². The maximum absolute atomic E-state index is 9.11.